The monoisotopic (exact) mass is 404 g/mol. The van der Waals surface area contributed by atoms with Gasteiger partial charge in [-0.3, -0.25) is 0 Å². The van der Waals surface area contributed by atoms with Gasteiger partial charge in [-0.25, -0.2) is 8.80 Å². The molecule has 6 nitrogen and oxygen atoms in total. The maximum absolute atomic E-state index is 4.58. The van der Waals surface area contributed by atoms with Crippen molar-refractivity contribution in [3.05, 3.63) is 10.4 Å². The van der Waals surface area contributed by atoms with Gasteiger partial charge in [-0.2, -0.15) is 0 Å². The molecule has 0 amide bonds. The lowest BCUT2D eigenvalue weighted by atomic mass is 9.89. The highest BCUT2D eigenvalue weighted by Crippen LogP contribution is 2.41. The van der Waals surface area contributed by atoms with Gasteiger partial charge in [-0.1, -0.05) is 44.3 Å². The number of hydrogen-bond donors (Lipinski definition) is 0. The normalized spacial score (nSPS) is 17.6. The maximum Gasteiger partial charge on any atom is 0.245 e. The molecule has 0 saturated carbocycles. The Balaban J connectivity index is 1.95. The van der Waals surface area contributed by atoms with E-state index < -0.39 is 0 Å². The lowest BCUT2D eigenvalue weighted by Gasteiger charge is -2.17. The molecule has 0 fully saturated rings. The van der Waals surface area contributed by atoms with Gasteiger partial charge in [-0.15, -0.1) is 31.7 Å². The number of aromatic nitrogens is 6. The van der Waals surface area contributed by atoms with Crippen LogP contribution in [0, 0.1) is 5.92 Å². The van der Waals surface area contributed by atoms with E-state index in [9.17, 15) is 0 Å². The Morgan fingerprint density at radius 2 is 1.77 bits per heavy atom. The molecule has 0 aromatic carbocycles. The number of thiophene rings is 1. The summed E-state index contributed by atoms with van der Waals surface area (Å²) in [5.41, 5.74) is 2.41. The van der Waals surface area contributed by atoms with Crippen LogP contribution < -0.4 is 0 Å². The predicted octanol–water partition coefficient (Wildman–Crippen LogP) is 4.34. The molecule has 4 heterocycles. The molecule has 1 unspecified atom stereocenters. The van der Waals surface area contributed by atoms with E-state index in [0.29, 0.717) is 0 Å². The second-order valence-electron chi connectivity index (χ2n) is 6.66. The molecule has 0 bridgehead atoms. The largest absolute Gasteiger partial charge is 0.245 e. The summed E-state index contributed by atoms with van der Waals surface area (Å²) in [7, 11) is 0. The molecule has 1 atom stereocenters. The number of thioether (sulfide) groups is 2. The minimum atomic E-state index is 0.747. The SMILES string of the molecule is CCSc1nnc2c3c4c(sc3n3c(SCC)nnc3n12)CC(C)CC4. The summed E-state index contributed by atoms with van der Waals surface area (Å²) in [6, 6.07) is 0. The molecule has 0 radical (unpaired) electrons. The summed E-state index contributed by atoms with van der Waals surface area (Å²) in [6.07, 6.45) is 3.52. The van der Waals surface area contributed by atoms with Gasteiger partial charge in [0.1, 0.15) is 4.83 Å². The van der Waals surface area contributed by atoms with Crippen molar-refractivity contribution in [1.29, 1.82) is 0 Å². The molecule has 5 rings (SSSR count). The number of rotatable bonds is 4. The first-order valence-corrected chi connectivity index (χ1v) is 11.8. The number of hydrogen-bond acceptors (Lipinski definition) is 7. The summed E-state index contributed by atoms with van der Waals surface area (Å²) in [5.74, 6) is 3.50. The van der Waals surface area contributed by atoms with Crippen LogP contribution >= 0.6 is 34.9 Å². The van der Waals surface area contributed by atoms with Crippen LogP contribution in [0.5, 0.6) is 0 Å². The highest BCUT2D eigenvalue weighted by molar-refractivity contribution is 7.99. The molecule has 26 heavy (non-hydrogen) atoms. The van der Waals surface area contributed by atoms with Crippen molar-refractivity contribution < 1.29 is 0 Å². The standard InChI is InChI=1S/C17H20N6S3/c1-4-24-16-20-18-13-12-10-7-6-9(3)8-11(10)26-14(12)23-15(22(13)16)19-21-17(23)25-5-2/h9H,4-8H2,1-3H3. The molecule has 0 spiro atoms. The Labute approximate surface area is 163 Å². The van der Waals surface area contributed by atoms with Gasteiger partial charge in [0.15, 0.2) is 16.0 Å². The quantitative estimate of drug-likeness (QED) is 0.472. The molecule has 4 aromatic heterocycles. The molecule has 9 heteroatoms. The van der Waals surface area contributed by atoms with E-state index in [1.165, 1.54) is 27.1 Å². The number of nitrogens with zero attached hydrogens (tertiary/aromatic N) is 6. The average molecular weight is 405 g/mol. The first-order chi connectivity index (χ1) is 12.7. The third-order valence-corrected chi connectivity index (χ3v) is 7.78. The maximum atomic E-state index is 4.58. The Hall–Kier alpha value is -1.32. The van der Waals surface area contributed by atoms with E-state index in [1.807, 2.05) is 11.3 Å². The number of aryl methyl sites for hydroxylation is 1. The predicted molar refractivity (Wildman–Crippen MR) is 109 cm³/mol. The topological polar surface area (TPSA) is 60.4 Å². The zero-order valence-electron chi connectivity index (χ0n) is 15.0. The van der Waals surface area contributed by atoms with Crippen LogP contribution in [-0.4, -0.2) is 40.7 Å². The Morgan fingerprint density at radius 1 is 1.04 bits per heavy atom. The van der Waals surface area contributed by atoms with Crippen molar-refractivity contribution >= 4 is 56.5 Å². The molecule has 1 aliphatic rings. The lowest BCUT2D eigenvalue weighted by Crippen LogP contribution is -2.08. The lowest BCUT2D eigenvalue weighted by molar-refractivity contribution is 0.509. The van der Waals surface area contributed by atoms with Crippen LogP contribution in [0.3, 0.4) is 0 Å². The summed E-state index contributed by atoms with van der Waals surface area (Å²) in [4.78, 5) is 2.73. The molecule has 0 aliphatic heterocycles. The van der Waals surface area contributed by atoms with Crippen LogP contribution in [-0.2, 0) is 12.8 Å². The molecule has 136 valence electrons. The highest BCUT2D eigenvalue weighted by atomic mass is 32.2. The van der Waals surface area contributed by atoms with E-state index in [4.69, 9.17) is 0 Å². The third-order valence-electron chi connectivity index (χ3n) is 4.92. The Morgan fingerprint density at radius 3 is 2.54 bits per heavy atom. The van der Waals surface area contributed by atoms with E-state index in [-0.39, 0.29) is 0 Å². The van der Waals surface area contributed by atoms with E-state index in [2.05, 4.69) is 50.0 Å². The molecule has 1 aliphatic carbocycles. The van der Waals surface area contributed by atoms with Crippen molar-refractivity contribution in [3.63, 3.8) is 0 Å². The molecule has 0 N–H and O–H groups in total. The van der Waals surface area contributed by atoms with E-state index in [0.717, 1.165) is 52.0 Å². The van der Waals surface area contributed by atoms with Crippen molar-refractivity contribution in [3.8, 4) is 0 Å². The Kier molecular flexibility index (Phi) is 4.13. The third kappa shape index (κ3) is 2.33. The van der Waals surface area contributed by atoms with Crippen LogP contribution in [0.2, 0.25) is 0 Å². The van der Waals surface area contributed by atoms with Crippen molar-refractivity contribution in [2.75, 3.05) is 11.5 Å². The van der Waals surface area contributed by atoms with Crippen molar-refractivity contribution in [1.82, 2.24) is 29.2 Å². The molecule has 4 aromatic rings. The second-order valence-corrected chi connectivity index (χ2v) is 10.2. The fraction of sp³-hybridized carbons (Fsp3) is 0.529. The minimum Gasteiger partial charge on any atom is -0.245 e. The van der Waals surface area contributed by atoms with Gasteiger partial charge in [0.2, 0.25) is 5.78 Å². The summed E-state index contributed by atoms with van der Waals surface area (Å²) in [5, 5.41) is 21.2. The minimum absolute atomic E-state index is 0.747. The average Bonchev–Trinajstić information content (AvgIpc) is 3.30. The molecular formula is C17H20N6S3. The van der Waals surface area contributed by atoms with E-state index in [1.54, 1.807) is 23.5 Å². The summed E-state index contributed by atoms with van der Waals surface area (Å²) < 4.78 is 4.33. The van der Waals surface area contributed by atoms with Gasteiger partial charge in [0, 0.05) is 4.88 Å². The Bertz CT molecular complexity index is 1120. The van der Waals surface area contributed by atoms with Crippen molar-refractivity contribution in [2.24, 2.45) is 5.92 Å². The number of fused-ring (bicyclic) bond motifs is 8. The first kappa shape index (κ1) is 16.8. The smallest absolute Gasteiger partial charge is 0.245 e. The summed E-state index contributed by atoms with van der Waals surface area (Å²) in [6.45, 7) is 6.64. The summed E-state index contributed by atoms with van der Waals surface area (Å²) >= 11 is 5.34. The van der Waals surface area contributed by atoms with E-state index >= 15 is 0 Å². The highest BCUT2D eigenvalue weighted by Gasteiger charge is 2.27. The van der Waals surface area contributed by atoms with Gasteiger partial charge >= 0.3 is 0 Å². The van der Waals surface area contributed by atoms with Gasteiger partial charge in [0.05, 0.1) is 5.39 Å². The van der Waals surface area contributed by atoms with Crippen LogP contribution in [0.1, 0.15) is 37.6 Å². The fourth-order valence-electron chi connectivity index (χ4n) is 3.77. The zero-order chi connectivity index (χ0) is 17.8. The van der Waals surface area contributed by atoms with Gasteiger partial charge in [0.25, 0.3) is 0 Å². The molecular weight excluding hydrogens is 384 g/mol. The van der Waals surface area contributed by atoms with Crippen molar-refractivity contribution in [2.45, 2.75) is 50.3 Å². The molecule has 0 saturated heterocycles. The van der Waals surface area contributed by atoms with Crippen LogP contribution in [0.4, 0.5) is 0 Å². The second kappa shape index (κ2) is 6.38. The van der Waals surface area contributed by atoms with Crippen LogP contribution in [0.25, 0.3) is 21.6 Å². The fourth-order valence-corrected chi connectivity index (χ4v) is 6.64. The zero-order valence-corrected chi connectivity index (χ0v) is 17.5. The van der Waals surface area contributed by atoms with Crippen LogP contribution in [0.15, 0.2) is 10.3 Å². The van der Waals surface area contributed by atoms with Gasteiger partial charge < -0.3 is 0 Å². The first-order valence-electron chi connectivity index (χ1n) is 9.05. The van der Waals surface area contributed by atoms with Gasteiger partial charge in [-0.05, 0) is 42.2 Å².